The fourth-order valence-electron chi connectivity index (χ4n) is 2.52. The van der Waals surface area contributed by atoms with E-state index < -0.39 is 11.4 Å². The molecular formula is C14H17FN2O. The molecule has 2 rings (SSSR count). The fourth-order valence-corrected chi connectivity index (χ4v) is 2.52. The maximum atomic E-state index is 13.8. The predicted molar refractivity (Wildman–Crippen MR) is 67.6 cm³/mol. The largest absolute Gasteiger partial charge is 0.394 e. The van der Waals surface area contributed by atoms with Gasteiger partial charge in [-0.3, -0.25) is 0 Å². The Morgan fingerprint density at radius 1 is 1.33 bits per heavy atom. The van der Waals surface area contributed by atoms with Crippen molar-refractivity contribution in [2.24, 2.45) is 0 Å². The van der Waals surface area contributed by atoms with Crippen LogP contribution in [0.15, 0.2) is 18.2 Å². The van der Waals surface area contributed by atoms with Gasteiger partial charge in [-0.25, -0.2) is 4.39 Å². The summed E-state index contributed by atoms with van der Waals surface area (Å²) in [5, 5.41) is 21.4. The van der Waals surface area contributed by atoms with E-state index in [0.717, 1.165) is 25.7 Å². The number of rotatable bonds is 3. The zero-order valence-corrected chi connectivity index (χ0v) is 10.2. The number of hydrogen-bond acceptors (Lipinski definition) is 3. The van der Waals surface area contributed by atoms with E-state index in [4.69, 9.17) is 5.26 Å². The minimum absolute atomic E-state index is 0.00639. The molecule has 1 aliphatic carbocycles. The Labute approximate surface area is 106 Å². The van der Waals surface area contributed by atoms with Crippen LogP contribution in [0.1, 0.15) is 37.7 Å². The van der Waals surface area contributed by atoms with Gasteiger partial charge in [0.2, 0.25) is 0 Å². The van der Waals surface area contributed by atoms with Crippen LogP contribution in [-0.2, 0) is 0 Å². The Morgan fingerprint density at radius 3 is 2.61 bits per heavy atom. The average Bonchev–Trinajstić information content (AvgIpc) is 2.42. The molecule has 0 spiro atoms. The third-order valence-corrected chi connectivity index (χ3v) is 3.61. The Bertz CT molecular complexity index is 461. The number of aliphatic hydroxyl groups is 1. The molecule has 1 aliphatic rings. The van der Waals surface area contributed by atoms with Crippen LogP contribution >= 0.6 is 0 Å². The molecule has 1 aromatic rings. The van der Waals surface area contributed by atoms with E-state index in [9.17, 15) is 9.50 Å². The predicted octanol–water partition coefficient (Wildman–Crippen LogP) is 2.80. The molecule has 0 saturated heterocycles. The van der Waals surface area contributed by atoms with Gasteiger partial charge in [-0.2, -0.15) is 5.26 Å². The number of benzene rings is 1. The van der Waals surface area contributed by atoms with Crippen LogP contribution in [0, 0.1) is 17.1 Å². The third kappa shape index (κ3) is 2.62. The topological polar surface area (TPSA) is 56.0 Å². The average molecular weight is 248 g/mol. The lowest BCUT2D eigenvalue weighted by molar-refractivity contribution is 0.172. The molecule has 1 aromatic carbocycles. The van der Waals surface area contributed by atoms with E-state index in [1.54, 1.807) is 12.1 Å². The minimum Gasteiger partial charge on any atom is -0.394 e. The van der Waals surface area contributed by atoms with E-state index in [1.807, 2.05) is 6.07 Å². The van der Waals surface area contributed by atoms with E-state index in [2.05, 4.69) is 5.32 Å². The van der Waals surface area contributed by atoms with Crippen LogP contribution in [0.25, 0.3) is 0 Å². The summed E-state index contributed by atoms with van der Waals surface area (Å²) in [5.74, 6) is -0.438. The molecule has 0 atom stereocenters. The van der Waals surface area contributed by atoms with Crippen molar-refractivity contribution < 1.29 is 9.50 Å². The van der Waals surface area contributed by atoms with Gasteiger partial charge in [-0.15, -0.1) is 0 Å². The van der Waals surface area contributed by atoms with Crippen molar-refractivity contribution in [3.63, 3.8) is 0 Å². The van der Waals surface area contributed by atoms with Crippen LogP contribution in [-0.4, -0.2) is 17.3 Å². The van der Waals surface area contributed by atoms with Gasteiger partial charge in [0, 0.05) is 0 Å². The van der Waals surface area contributed by atoms with Crippen molar-refractivity contribution in [2.45, 2.75) is 37.6 Å². The molecule has 1 saturated carbocycles. The molecule has 0 radical (unpaired) electrons. The Kier molecular flexibility index (Phi) is 3.83. The summed E-state index contributed by atoms with van der Waals surface area (Å²) in [6.45, 7) is 0.00639. The number of nitrogens with zero attached hydrogens (tertiary/aromatic N) is 1. The zero-order chi connectivity index (χ0) is 13.0. The lowest BCUT2D eigenvalue weighted by Crippen LogP contribution is -2.44. The van der Waals surface area contributed by atoms with Gasteiger partial charge in [-0.05, 0) is 31.0 Å². The van der Waals surface area contributed by atoms with Crippen molar-refractivity contribution in [2.75, 3.05) is 11.9 Å². The fraction of sp³-hybridized carbons (Fsp3) is 0.500. The van der Waals surface area contributed by atoms with Crippen LogP contribution in [0.4, 0.5) is 10.1 Å². The highest BCUT2D eigenvalue weighted by atomic mass is 19.1. The minimum atomic E-state index is -0.438. The van der Waals surface area contributed by atoms with E-state index >= 15 is 0 Å². The number of anilines is 1. The second-order valence-corrected chi connectivity index (χ2v) is 4.93. The maximum absolute atomic E-state index is 13.8. The Hall–Kier alpha value is -1.60. The standard InChI is InChI=1S/C14H17FN2O/c15-12-8-11(9-16)4-5-13(12)17-14(10-18)6-2-1-3-7-14/h4-5,8,17-18H,1-3,6-7,10H2. The SMILES string of the molecule is N#Cc1ccc(NC2(CO)CCCCC2)c(F)c1. The Morgan fingerprint density at radius 2 is 2.06 bits per heavy atom. The van der Waals surface area contributed by atoms with Crippen LogP contribution in [0.2, 0.25) is 0 Å². The highest BCUT2D eigenvalue weighted by Gasteiger charge is 2.31. The molecular weight excluding hydrogens is 231 g/mol. The molecule has 4 heteroatoms. The summed E-state index contributed by atoms with van der Waals surface area (Å²) < 4.78 is 13.8. The molecule has 0 unspecified atom stereocenters. The highest BCUT2D eigenvalue weighted by molar-refractivity contribution is 5.50. The molecule has 96 valence electrons. The van der Waals surface area contributed by atoms with Crippen LogP contribution in [0.3, 0.4) is 0 Å². The second-order valence-electron chi connectivity index (χ2n) is 4.93. The summed E-state index contributed by atoms with van der Waals surface area (Å²) in [6, 6.07) is 6.28. The number of nitriles is 1. The van der Waals surface area contributed by atoms with Crippen molar-refractivity contribution in [3.05, 3.63) is 29.6 Å². The molecule has 18 heavy (non-hydrogen) atoms. The number of hydrogen-bond donors (Lipinski definition) is 2. The van der Waals surface area contributed by atoms with E-state index in [-0.39, 0.29) is 6.61 Å². The quantitative estimate of drug-likeness (QED) is 0.864. The maximum Gasteiger partial charge on any atom is 0.147 e. The van der Waals surface area contributed by atoms with Crippen molar-refractivity contribution in [3.8, 4) is 6.07 Å². The van der Waals surface area contributed by atoms with Crippen molar-refractivity contribution in [1.29, 1.82) is 5.26 Å². The Balaban J connectivity index is 2.19. The summed E-state index contributed by atoms with van der Waals surface area (Å²) in [4.78, 5) is 0. The first-order chi connectivity index (χ1) is 8.69. The normalized spacial score (nSPS) is 18.1. The van der Waals surface area contributed by atoms with Gasteiger partial charge in [0.1, 0.15) is 5.82 Å². The molecule has 1 fully saturated rings. The van der Waals surface area contributed by atoms with Gasteiger partial charge in [0.25, 0.3) is 0 Å². The lowest BCUT2D eigenvalue weighted by Gasteiger charge is -2.37. The van der Waals surface area contributed by atoms with Crippen molar-refractivity contribution >= 4 is 5.69 Å². The third-order valence-electron chi connectivity index (χ3n) is 3.61. The summed E-state index contributed by atoms with van der Waals surface area (Å²) >= 11 is 0. The summed E-state index contributed by atoms with van der Waals surface area (Å²) in [6.07, 6.45) is 4.96. The van der Waals surface area contributed by atoms with Crippen molar-refractivity contribution in [1.82, 2.24) is 0 Å². The molecule has 2 N–H and O–H groups in total. The molecule has 0 aromatic heterocycles. The summed E-state index contributed by atoms with van der Waals surface area (Å²) in [5.41, 5.74) is 0.262. The zero-order valence-electron chi connectivity index (χ0n) is 10.2. The smallest absolute Gasteiger partial charge is 0.147 e. The first kappa shape index (κ1) is 12.8. The van der Waals surface area contributed by atoms with Gasteiger partial charge >= 0.3 is 0 Å². The first-order valence-corrected chi connectivity index (χ1v) is 6.28. The van der Waals surface area contributed by atoms with E-state index in [1.165, 1.54) is 12.5 Å². The molecule has 0 amide bonds. The van der Waals surface area contributed by atoms with Gasteiger partial charge in [-0.1, -0.05) is 19.3 Å². The monoisotopic (exact) mass is 248 g/mol. The summed E-state index contributed by atoms with van der Waals surface area (Å²) in [7, 11) is 0. The van der Waals surface area contributed by atoms with Crippen LogP contribution in [0.5, 0.6) is 0 Å². The van der Waals surface area contributed by atoms with Gasteiger partial charge in [0.15, 0.2) is 0 Å². The van der Waals surface area contributed by atoms with Crippen LogP contribution < -0.4 is 5.32 Å². The molecule has 0 bridgehead atoms. The van der Waals surface area contributed by atoms with Gasteiger partial charge in [0.05, 0.1) is 29.5 Å². The lowest BCUT2D eigenvalue weighted by atomic mass is 9.82. The molecule has 0 aliphatic heterocycles. The van der Waals surface area contributed by atoms with E-state index in [0.29, 0.717) is 11.3 Å². The number of aliphatic hydroxyl groups excluding tert-OH is 1. The molecule has 0 heterocycles. The molecule has 3 nitrogen and oxygen atoms in total. The number of halogens is 1. The highest BCUT2D eigenvalue weighted by Crippen LogP contribution is 2.32. The van der Waals surface area contributed by atoms with Gasteiger partial charge < -0.3 is 10.4 Å². The first-order valence-electron chi connectivity index (χ1n) is 6.28. The second kappa shape index (κ2) is 5.36. The number of nitrogens with one attached hydrogen (secondary N) is 1.